The van der Waals surface area contributed by atoms with Crippen molar-refractivity contribution < 1.29 is 9.90 Å². The van der Waals surface area contributed by atoms with Crippen LogP contribution in [0.4, 0.5) is 0 Å². The Kier molecular flexibility index (Phi) is 4.01. The van der Waals surface area contributed by atoms with Gasteiger partial charge in [-0.25, -0.2) is 0 Å². The number of aromatic nitrogens is 1. The second-order valence-corrected chi connectivity index (χ2v) is 4.11. The molecule has 1 rings (SSSR count). The van der Waals surface area contributed by atoms with E-state index < -0.39 is 11.5 Å². The molecule has 4 nitrogen and oxygen atoms in total. The van der Waals surface area contributed by atoms with Gasteiger partial charge in [-0.15, -0.1) is 0 Å². The minimum Gasteiger partial charge on any atom is -0.480 e. The number of carboxylic acid groups (broad SMARTS) is 1. The van der Waals surface area contributed by atoms with E-state index in [4.69, 9.17) is 5.11 Å². The first-order chi connectivity index (χ1) is 7.49. The molecule has 0 aromatic carbocycles. The van der Waals surface area contributed by atoms with E-state index in [2.05, 4.69) is 10.3 Å². The molecule has 2 unspecified atom stereocenters. The maximum Gasteiger partial charge on any atom is 0.323 e. The van der Waals surface area contributed by atoms with Gasteiger partial charge in [0.2, 0.25) is 0 Å². The number of nitrogens with zero attached hydrogens (tertiary/aromatic N) is 1. The molecule has 0 fully saturated rings. The van der Waals surface area contributed by atoms with E-state index >= 15 is 0 Å². The summed E-state index contributed by atoms with van der Waals surface area (Å²) < 4.78 is 0. The largest absolute Gasteiger partial charge is 0.480 e. The summed E-state index contributed by atoms with van der Waals surface area (Å²) in [5.41, 5.74) is -0.0554. The Morgan fingerprint density at radius 2 is 2.31 bits per heavy atom. The highest BCUT2D eigenvalue weighted by atomic mass is 16.4. The average molecular weight is 222 g/mol. The Morgan fingerprint density at radius 1 is 1.62 bits per heavy atom. The zero-order chi connectivity index (χ0) is 12.2. The maximum atomic E-state index is 11.1. The number of aliphatic carboxylic acids is 1. The van der Waals surface area contributed by atoms with Gasteiger partial charge in [0.15, 0.2) is 0 Å². The van der Waals surface area contributed by atoms with Crippen LogP contribution in [0.1, 0.15) is 38.9 Å². The summed E-state index contributed by atoms with van der Waals surface area (Å²) in [4.78, 5) is 15.3. The van der Waals surface area contributed by atoms with Crippen LogP contribution < -0.4 is 5.32 Å². The highest BCUT2D eigenvalue weighted by Gasteiger charge is 2.32. The third kappa shape index (κ3) is 2.79. The van der Waals surface area contributed by atoms with Gasteiger partial charge in [-0.05, 0) is 32.4 Å². The zero-order valence-electron chi connectivity index (χ0n) is 9.90. The number of carboxylic acids is 1. The van der Waals surface area contributed by atoms with Gasteiger partial charge in [-0.3, -0.25) is 15.1 Å². The fourth-order valence-corrected chi connectivity index (χ4v) is 1.50. The smallest absolute Gasteiger partial charge is 0.323 e. The Morgan fingerprint density at radius 3 is 2.75 bits per heavy atom. The molecule has 2 N–H and O–H groups in total. The van der Waals surface area contributed by atoms with Crippen LogP contribution in [0.25, 0.3) is 0 Å². The van der Waals surface area contributed by atoms with Gasteiger partial charge >= 0.3 is 5.97 Å². The van der Waals surface area contributed by atoms with E-state index in [-0.39, 0.29) is 6.04 Å². The maximum absolute atomic E-state index is 11.1. The molecule has 0 radical (unpaired) electrons. The van der Waals surface area contributed by atoms with E-state index in [0.29, 0.717) is 6.42 Å². The summed E-state index contributed by atoms with van der Waals surface area (Å²) in [5.74, 6) is -0.835. The van der Waals surface area contributed by atoms with Crippen LogP contribution in [-0.2, 0) is 4.79 Å². The van der Waals surface area contributed by atoms with Crippen molar-refractivity contribution >= 4 is 5.97 Å². The first-order valence-electron chi connectivity index (χ1n) is 5.41. The SMILES string of the molecule is CCC(C)(NC(C)c1ccccn1)C(=O)O. The van der Waals surface area contributed by atoms with Crippen molar-refractivity contribution in [3.05, 3.63) is 30.1 Å². The number of hydrogen-bond acceptors (Lipinski definition) is 3. The van der Waals surface area contributed by atoms with Crippen molar-refractivity contribution in [3.63, 3.8) is 0 Å². The van der Waals surface area contributed by atoms with Crippen LogP contribution in [0.5, 0.6) is 0 Å². The standard InChI is InChI=1S/C12H18N2O2/c1-4-12(3,11(15)16)14-9(2)10-7-5-6-8-13-10/h5-9,14H,4H2,1-3H3,(H,15,16). The number of nitrogens with one attached hydrogen (secondary N) is 1. The van der Waals surface area contributed by atoms with Crippen molar-refractivity contribution in [1.29, 1.82) is 0 Å². The molecule has 0 spiro atoms. The summed E-state index contributed by atoms with van der Waals surface area (Å²) in [6.45, 7) is 5.46. The minimum atomic E-state index is -0.906. The summed E-state index contributed by atoms with van der Waals surface area (Å²) >= 11 is 0. The van der Waals surface area contributed by atoms with Gasteiger partial charge in [0.05, 0.1) is 5.69 Å². The first-order valence-corrected chi connectivity index (χ1v) is 5.41. The second kappa shape index (κ2) is 5.07. The molecule has 16 heavy (non-hydrogen) atoms. The Labute approximate surface area is 95.7 Å². The van der Waals surface area contributed by atoms with Crippen LogP contribution in [0.2, 0.25) is 0 Å². The second-order valence-electron chi connectivity index (χ2n) is 4.11. The molecule has 0 aliphatic heterocycles. The van der Waals surface area contributed by atoms with Gasteiger partial charge in [-0.2, -0.15) is 0 Å². The third-order valence-electron chi connectivity index (χ3n) is 2.85. The molecule has 4 heteroatoms. The van der Waals surface area contributed by atoms with Crippen molar-refractivity contribution in [2.24, 2.45) is 0 Å². The highest BCUT2D eigenvalue weighted by molar-refractivity contribution is 5.78. The summed E-state index contributed by atoms with van der Waals surface area (Å²) in [7, 11) is 0. The fraction of sp³-hybridized carbons (Fsp3) is 0.500. The molecule has 1 aromatic rings. The molecule has 0 saturated heterocycles. The van der Waals surface area contributed by atoms with Gasteiger partial charge in [0, 0.05) is 12.2 Å². The lowest BCUT2D eigenvalue weighted by Gasteiger charge is -2.28. The lowest BCUT2D eigenvalue weighted by Crippen LogP contribution is -2.50. The van der Waals surface area contributed by atoms with Crippen LogP contribution in [0.3, 0.4) is 0 Å². The summed E-state index contributed by atoms with van der Waals surface area (Å²) in [6, 6.07) is 5.54. The van der Waals surface area contributed by atoms with Crippen LogP contribution >= 0.6 is 0 Å². The van der Waals surface area contributed by atoms with Crippen LogP contribution in [-0.4, -0.2) is 21.6 Å². The Hall–Kier alpha value is -1.42. The lowest BCUT2D eigenvalue weighted by molar-refractivity contribution is -0.144. The summed E-state index contributed by atoms with van der Waals surface area (Å²) in [5, 5.41) is 12.2. The molecule has 0 saturated carbocycles. The van der Waals surface area contributed by atoms with Gasteiger partial charge in [-0.1, -0.05) is 13.0 Å². The molecule has 2 atom stereocenters. The van der Waals surface area contributed by atoms with E-state index in [0.717, 1.165) is 5.69 Å². The van der Waals surface area contributed by atoms with Crippen molar-refractivity contribution in [2.75, 3.05) is 0 Å². The molecule has 1 aromatic heterocycles. The average Bonchev–Trinajstić information content (AvgIpc) is 2.29. The van der Waals surface area contributed by atoms with Crippen molar-refractivity contribution in [1.82, 2.24) is 10.3 Å². The lowest BCUT2D eigenvalue weighted by atomic mass is 9.97. The number of carbonyl (C=O) groups is 1. The molecular formula is C12H18N2O2. The Bertz CT molecular complexity index is 353. The number of pyridine rings is 1. The number of hydrogen-bond donors (Lipinski definition) is 2. The molecule has 0 amide bonds. The van der Waals surface area contributed by atoms with E-state index in [1.54, 1.807) is 13.1 Å². The molecule has 1 heterocycles. The summed E-state index contributed by atoms with van der Waals surface area (Å²) in [6.07, 6.45) is 2.23. The van der Waals surface area contributed by atoms with E-state index in [1.165, 1.54) is 0 Å². The first kappa shape index (κ1) is 12.6. The fourth-order valence-electron chi connectivity index (χ4n) is 1.50. The van der Waals surface area contributed by atoms with Crippen molar-refractivity contribution in [2.45, 2.75) is 38.8 Å². The van der Waals surface area contributed by atoms with Crippen molar-refractivity contribution in [3.8, 4) is 0 Å². The third-order valence-corrected chi connectivity index (χ3v) is 2.85. The van der Waals surface area contributed by atoms with Crippen LogP contribution in [0, 0.1) is 0 Å². The predicted octanol–water partition coefficient (Wildman–Crippen LogP) is 1.99. The molecule has 88 valence electrons. The quantitative estimate of drug-likeness (QED) is 0.799. The molecular weight excluding hydrogens is 204 g/mol. The Balaban J connectivity index is 2.78. The van der Waals surface area contributed by atoms with Gasteiger partial charge < -0.3 is 5.11 Å². The molecule has 0 aliphatic carbocycles. The predicted molar refractivity (Wildman–Crippen MR) is 62.1 cm³/mol. The van der Waals surface area contributed by atoms with Gasteiger partial charge in [0.1, 0.15) is 5.54 Å². The number of rotatable bonds is 5. The monoisotopic (exact) mass is 222 g/mol. The molecule has 0 bridgehead atoms. The topological polar surface area (TPSA) is 62.2 Å². The van der Waals surface area contributed by atoms with Crippen LogP contribution in [0.15, 0.2) is 24.4 Å². The normalized spacial score (nSPS) is 16.4. The van der Waals surface area contributed by atoms with Gasteiger partial charge in [0.25, 0.3) is 0 Å². The highest BCUT2D eigenvalue weighted by Crippen LogP contribution is 2.17. The van der Waals surface area contributed by atoms with E-state index in [9.17, 15) is 4.79 Å². The van der Waals surface area contributed by atoms with E-state index in [1.807, 2.05) is 32.0 Å². The zero-order valence-corrected chi connectivity index (χ0v) is 9.90. The minimum absolute atomic E-state index is 0.0813. The molecule has 0 aliphatic rings.